The van der Waals surface area contributed by atoms with E-state index in [0.29, 0.717) is 16.9 Å². The summed E-state index contributed by atoms with van der Waals surface area (Å²) in [6.07, 6.45) is 0. The summed E-state index contributed by atoms with van der Waals surface area (Å²) in [7, 11) is 0. The van der Waals surface area contributed by atoms with Crippen molar-refractivity contribution >= 4 is 11.4 Å². The van der Waals surface area contributed by atoms with Crippen molar-refractivity contribution in [3.05, 3.63) is 23.3 Å². The minimum atomic E-state index is -0.0592. The summed E-state index contributed by atoms with van der Waals surface area (Å²) in [5.74, 6) is 0. The van der Waals surface area contributed by atoms with Crippen molar-refractivity contribution < 1.29 is 5.11 Å². The molecule has 0 amide bonds. The molecular weight excluding hydrogens is 140 g/mol. The van der Waals surface area contributed by atoms with Gasteiger partial charge in [0, 0.05) is 16.9 Å². The van der Waals surface area contributed by atoms with E-state index in [1.54, 1.807) is 12.1 Å². The Kier molecular flexibility index (Phi) is 2.01. The number of hydrogen-bond acceptors (Lipinski definition) is 3. The molecule has 3 nitrogen and oxygen atoms in total. The topological polar surface area (TPSA) is 72.3 Å². The Morgan fingerprint density at radius 1 is 1.27 bits per heavy atom. The summed E-state index contributed by atoms with van der Waals surface area (Å²) in [4.78, 5) is 0. The number of benzene rings is 1. The van der Waals surface area contributed by atoms with Crippen LogP contribution in [0.4, 0.5) is 11.4 Å². The number of nitrogen functional groups attached to an aromatic ring is 2. The third-order valence-corrected chi connectivity index (χ3v) is 1.70. The van der Waals surface area contributed by atoms with E-state index in [4.69, 9.17) is 16.6 Å². The number of aryl methyl sites for hydroxylation is 1. The number of nitrogens with two attached hydrogens (primary N) is 2. The third kappa shape index (κ3) is 1.43. The zero-order valence-corrected chi connectivity index (χ0v) is 6.46. The lowest BCUT2D eigenvalue weighted by molar-refractivity contribution is 0.282. The summed E-state index contributed by atoms with van der Waals surface area (Å²) < 4.78 is 0. The van der Waals surface area contributed by atoms with Crippen molar-refractivity contribution in [1.29, 1.82) is 0 Å². The normalized spacial score (nSPS) is 10.0. The van der Waals surface area contributed by atoms with Crippen LogP contribution >= 0.6 is 0 Å². The predicted octanol–water partition coefficient (Wildman–Crippen LogP) is 0.652. The first-order valence-corrected chi connectivity index (χ1v) is 3.40. The van der Waals surface area contributed by atoms with Crippen LogP contribution in [0, 0.1) is 6.92 Å². The zero-order chi connectivity index (χ0) is 8.43. The molecule has 0 aliphatic rings. The minimum absolute atomic E-state index is 0.0592. The van der Waals surface area contributed by atoms with Crippen LogP contribution in [0.1, 0.15) is 11.1 Å². The molecule has 0 saturated carbocycles. The lowest BCUT2D eigenvalue weighted by Crippen LogP contribution is -1.98. The van der Waals surface area contributed by atoms with E-state index < -0.39 is 0 Å². The first-order chi connectivity index (χ1) is 5.15. The smallest absolute Gasteiger partial charge is 0.0702 e. The Morgan fingerprint density at radius 3 is 2.45 bits per heavy atom. The van der Waals surface area contributed by atoms with Gasteiger partial charge in [-0.3, -0.25) is 0 Å². The van der Waals surface area contributed by atoms with Crippen molar-refractivity contribution in [3.8, 4) is 0 Å². The highest BCUT2D eigenvalue weighted by atomic mass is 16.3. The molecule has 3 heteroatoms. The van der Waals surface area contributed by atoms with Gasteiger partial charge in [0.05, 0.1) is 6.61 Å². The molecule has 0 heterocycles. The van der Waals surface area contributed by atoms with Gasteiger partial charge in [0.25, 0.3) is 0 Å². The highest BCUT2D eigenvalue weighted by Crippen LogP contribution is 2.19. The predicted molar refractivity (Wildman–Crippen MR) is 45.9 cm³/mol. The summed E-state index contributed by atoms with van der Waals surface area (Å²) >= 11 is 0. The fraction of sp³-hybridized carbons (Fsp3) is 0.250. The molecule has 0 radical (unpaired) electrons. The van der Waals surface area contributed by atoms with Crippen molar-refractivity contribution in [1.82, 2.24) is 0 Å². The highest BCUT2D eigenvalue weighted by molar-refractivity contribution is 5.59. The fourth-order valence-electron chi connectivity index (χ4n) is 0.931. The van der Waals surface area contributed by atoms with E-state index in [1.165, 1.54) is 0 Å². The molecular formula is C8H12N2O. The average molecular weight is 152 g/mol. The molecule has 0 atom stereocenters. The Bertz CT molecular complexity index is 271. The van der Waals surface area contributed by atoms with Gasteiger partial charge >= 0.3 is 0 Å². The minimum Gasteiger partial charge on any atom is -0.399 e. The molecule has 11 heavy (non-hydrogen) atoms. The summed E-state index contributed by atoms with van der Waals surface area (Å²) in [6.45, 7) is 1.82. The van der Waals surface area contributed by atoms with Crippen molar-refractivity contribution in [2.24, 2.45) is 0 Å². The summed E-state index contributed by atoms with van der Waals surface area (Å²) in [6, 6.07) is 3.46. The van der Waals surface area contributed by atoms with E-state index in [9.17, 15) is 0 Å². The number of aliphatic hydroxyl groups excluding tert-OH is 1. The Hall–Kier alpha value is -1.22. The van der Waals surface area contributed by atoms with Crippen LogP contribution in [-0.2, 0) is 6.61 Å². The van der Waals surface area contributed by atoms with E-state index in [2.05, 4.69) is 0 Å². The highest BCUT2D eigenvalue weighted by Gasteiger charge is 2.00. The average Bonchev–Trinajstić information content (AvgIpc) is 1.97. The quantitative estimate of drug-likeness (QED) is 0.517. The second-order valence-corrected chi connectivity index (χ2v) is 2.57. The first kappa shape index (κ1) is 7.88. The van der Waals surface area contributed by atoms with Crippen LogP contribution in [0.5, 0.6) is 0 Å². The SMILES string of the molecule is Cc1cc(N)c(CO)cc1N. The molecule has 0 spiro atoms. The lowest BCUT2D eigenvalue weighted by Gasteiger charge is -2.05. The van der Waals surface area contributed by atoms with E-state index in [-0.39, 0.29) is 6.61 Å². The Balaban J connectivity index is 3.21. The molecule has 0 saturated heterocycles. The van der Waals surface area contributed by atoms with E-state index in [1.807, 2.05) is 6.92 Å². The lowest BCUT2D eigenvalue weighted by atomic mass is 10.1. The molecule has 0 bridgehead atoms. The first-order valence-electron chi connectivity index (χ1n) is 3.40. The monoisotopic (exact) mass is 152 g/mol. The molecule has 1 rings (SSSR count). The van der Waals surface area contributed by atoms with Gasteiger partial charge in [-0.15, -0.1) is 0 Å². The third-order valence-electron chi connectivity index (χ3n) is 1.70. The maximum absolute atomic E-state index is 8.80. The van der Waals surface area contributed by atoms with Crippen LogP contribution in [-0.4, -0.2) is 5.11 Å². The standard InChI is InChI=1S/C8H12N2O/c1-5-2-8(10)6(4-11)3-7(5)9/h2-3,11H,4,9-10H2,1H3. The van der Waals surface area contributed by atoms with Gasteiger partial charge in [0.2, 0.25) is 0 Å². The number of rotatable bonds is 1. The molecule has 1 aromatic carbocycles. The second-order valence-electron chi connectivity index (χ2n) is 2.57. The maximum Gasteiger partial charge on any atom is 0.0702 e. The van der Waals surface area contributed by atoms with Crippen LogP contribution in [0.3, 0.4) is 0 Å². The summed E-state index contributed by atoms with van der Waals surface area (Å²) in [5.41, 5.74) is 14.1. The zero-order valence-electron chi connectivity index (χ0n) is 6.46. The second kappa shape index (κ2) is 2.80. The number of hydrogen-bond donors (Lipinski definition) is 3. The van der Waals surface area contributed by atoms with Gasteiger partial charge < -0.3 is 16.6 Å². The molecule has 0 aliphatic heterocycles. The van der Waals surface area contributed by atoms with Gasteiger partial charge in [-0.05, 0) is 24.6 Å². The van der Waals surface area contributed by atoms with Crippen molar-refractivity contribution in [3.63, 3.8) is 0 Å². The molecule has 0 aliphatic carbocycles. The van der Waals surface area contributed by atoms with Crippen molar-refractivity contribution in [2.75, 3.05) is 11.5 Å². The van der Waals surface area contributed by atoms with Crippen LogP contribution in [0.15, 0.2) is 12.1 Å². The molecule has 5 N–H and O–H groups in total. The molecule has 60 valence electrons. The van der Waals surface area contributed by atoms with Gasteiger partial charge in [-0.1, -0.05) is 0 Å². The van der Waals surface area contributed by atoms with E-state index >= 15 is 0 Å². The molecule has 1 aromatic rings. The number of aliphatic hydroxyl groups is 1. The fourth-order valence-corrected chi connectivity index (χ4v) is 0.931. The Labute approximate surface area is 65.6 Å². The van der Waals surface area contributed by atoms with Gasteiger partial charge in [0.1, 0.15) is 0 Å². The molecule has 0 unspecified atom stereocenters. The largest absolute Gasteiger partial charge is 0.399 e. The van der Waals surface area contributed by atoms with Gasteiger partial charge in [-0.2, -0.15) is 0 Å². The molecule has 0 aromatic heterocycles. The number of anilines is 2. The maximum atomic E-state index is 8.80. The van der Waals surface area contributed by atoms with Crippen molar-refractivity contribution in [2.45, 2.75) is 13.5 Å². The molecule has 0 fully saturated rings. The van der Waals surface area contributed by atoms with Crippen LogP contribution in [0.2, 0.25) is 0 Å². The van der Waals surface area contributed by atoms with Crippen LogP contribution in [0.25, 0.3) is 0 Å². The van der Waals surface area contributed by atoms with Crippen LogP contribution < -0.4 is 11.5 Å². The summed E-state index contributed by atoms with van der Waals surface area (Å²) in [5, 5.41) is 8.80. The Morgan fingerprint density at radius 2 is 1.91 bits per heavy atom. The van der Waals surface area contributed by atoms with Gasteiger partial charge in [0.15, 0.2) is 0 Å². The van der Waals surface area contributed by atoms with E-state index in [0.717, 1.165) is 5.56 Å². The van der Waals surface area contributed by atoms with Gasteiger partial charge in [-0.25, -0.2) is 0 Å².